The molecular formula is C16H23NO3. The van der Waals surface area contributed by atoms with Gasteiger partial charge in [0, 0.05) is 18.7 Å². The number of carbonyl (C=O) groups is 1. The van der Waals surface area contributed by atoms with Crippen LogP contribution < -0.4 is 0 Å². The second-order valence-electron chi connectivity index (χ2n) is 5.78. The number of phenols is 1. The number of carboxylic acids is 1. The third-order valence-electron chi connectivity index (χ3n) is 4.22. The van der Waals surface area contributed by atoms with Crippen LogP contribution in [0.5, 0.6) is 5.75 Å². The van der Waals surface area contributed by atoms with Crippen molar-refractivity contribution in [3.8, 4) is 5.75 Å². The molecule has 1 heterocycles. The highest BCUT2D eigenvalue weighted by Crippen LogP contribution is 2.36. The summed E-state index contributed by atoms with van der Waals surface area (Å²) in [4.78, 5) is 13.8. The number of hydrogen-bond donors (Lipinski definition) is 2. The van der Waals surface area contributed by atoms with Gasteiger partial charge in [0.1, 0.15) is 5.75 Å². The van der Waals surface area contributed by atoms with Crippen molar-refractivity contribution < 1.29 is 15.0 Å². The van der Waals surface area contributed by atoms with Crippen molar-refractivity contribution in [1.82, 2.24) is 4.90 Å². The number of nitrogens with zero attached hydrogens (tertiary/aromatic N) is 1. The normalized spacial score (nSPS) is 23.6. The minimum absolute atomic E-state index is 0.287. The molecule has 0 amide bonds. The molecule has 1 aliphatic heterocycles. The van der Waals surface area contributed by atoms with Gasteiger partial charge in [0.2, 0.25) is 0 Å². The Kier molecular flexibility index (Phi) is 4.65. The van der Waals surface area contributed by atoms with Gasteiger partial charge in [-0.3, -0.25) is 9.69 Å². The minimum Gasteiger partial charge on any atom is -0.508 e. The summed E-state index contributed by atoms with van der Waals surface area (Å²) in [5.74, 6) is -0.393. The van der Waals surface area contributed by atoms with Gasteiger partial charge in [0.05, 0.1) is 5.41 Å². The third-order valence-corrected chi connectivity index (χ3v) is 4.22. The Morgan fingerprint density at radius 3 is 2.80 bits per heavy atom. The number of aromatic hydroxyl groups is 1. The molecule has 1 aromatic carbocycles. The molecule has 1 atom stereocenters. The van der Waals surface area contributed by atoms with Crippen molar-refractivity contribution in [3.63, 3.8) is 0 Å². The molecule has 4 nitrogen and oxygen atoms in total. The molecule has 1 fully saturated rings. The van der Waals surface area contributed by atoms with E-state index in [-0.39, 0.29) is 5.75 Å². The second kappa shape index (κ2) is 6.27. The van der Waals surface area contributed by atoms with E-state index in [0.29, 0.717) is 13.1 Å². The van der Waals surface area contributed by atoms with E-state index in [1.165, 1.54) is 0 Å². The van der Waals surface area contributed by atoms with E-state index in [9.17, 15) is 15.0 Å². The van der Waals surface area contributed by atoms with E-state index >= 15 is 0 Å². The number of rotatable bonds is 5. The molecule has 2 N–H and O–H groups in total. The van der Waals surface area contributed by atoms with Crippen LogP contribution in [-0.4, -0.2) is 34.2 Å². The van der Waals surface area contributed by atoms with Crippen LogP contribution in [0.3, 0.4) is 0 Å². The van der Waals surface area contributed by atoms with Gasteiger partial charge in [-0.05, 0) is 31.9 Å². The summed E-state index contributed by atoms with van der Waals surface area (Å²) in [7, 11) is 0. The number of piperidine rings is 1. The molecule has 20 heavy (non-hydrogen) atoms. The largest absolute Gasteiger partial charge is 0.508 e. The zero-order valence-electron chi connectivity index (χ0n) is 12.0. The molecule has 1 aromatic rings. The third kappa shape index (κ3) is 3.12. The van der Waals surface area contributed by atoms with Crippen molar-refractivity contribution in [1.29, 1.82) is 0 Å². The predicted octanol–water partition coefficient (Wildman–Crippen LogP) is 2.86. The smallest absolute Gasteiger partial charge is 0.310 e. The lowest BCUT2D eigenvalue weighted by atomic mass is 9.76. The molecule has 4 heteroatoms. The van der Waals surface area contributed by atoms with Gasteiger partial charge in [-0.15, -0.1) is 0 Å². The molecular weight excluding hydrogens is 254 g/mol. The molecule has 0 spiro atoms. The van der Waals surface area contributed by atoms with Crippen LogP contribution in [0.4, 0.5) is 0 Å². The molecule has 2 rings (SSSR count). The highest BCUT2D eigenvalue weighted by molar-refractivity contribution is 5.75. The summed E-state index contributed by atoms with van der Waals surface area (Å²) in [6.45, 7) is 4.12. The van der Waals surface area contributed by atoms with Gasteiger partial charge in [-0.25, -0.2) is 0 Å². The number of para-hydroxylation sites is 1. The Balaban J connectivity index is 2.10. The maximum Gasteiger partial charge on any atom is 0.310 e. The monoisotopic (exact) mass is 277 g/mol. The number of hydrogen-bond acceptors (Lipinski definition) is 3. The number of carboxylic acid groups (broad SMARTS) is 1. The lowest BCUT2D eigenvalue weighted by Crippen LogP contribution is -2.47. The van der Waals surface area contributed by atoms with E-state index in [0.717, 1.165) is 37.8 Å². The summed E-state index contributed by atoms with van der Waals surface area (Å²) in [6.07, 6.45) is 3.27. The van der Waals surface area contributed by atoms with Crippen molar-refractivity contribution >= 4 is 5.97 Å². The molecule has 1 saturated heterocycles. The molecule has 0 radical (unpaired) electrons. The first-order chi connectivity index (χ1) is 9.57. The van der Waals surface area contributed by atoms with E-state index in [1.807, 2.05) is 19.1 Å². The van der Waals surface area contributed by atoms with E-state index in [4.69, 9.17) is 0 Å². The minimum atomic E-state index is -0.679. The zero-order valence-corrected chi connectivity index (χ0v) is 12.0. The summed E-state index contributed by atoms with van der Waals surface area (Å²) >= 11 is 0. The van der Waals surface area contributed by atoms with Gasteiger partial charge in [-0.2, -0.15) is 0 Å². The molecule has 1 aliphatic rings. The van der Waals surface area contributed by atoms with Crippen LogP contribution in [-0.2, 0) is 11.3 Å². The van der Waals surface area contributed by atoms with E-state index < -0.39 is 11.4 Å². The predicted molar refractivity (Wildman–Crippen MR) is 77.6 cm³/mol. The summed E-state index contributed by atoms with van der Waals surface area (Å²) in [5.41, 5.74) is 0.252. The summed E-state index contributed by atoms with van der Waals surface area (Å²) < 4.78 is 0. The van der Waals surface area contributed by atoms with Gasteiger partial charge < -0.3 is 10.2 Å². The van der Waals surface area contributed by atoms with Crippen LogP contribution in [0.25, 0.3) is 0 Å². The van der Waals surface area contributed by atoms with Crippen molar-refractivity contribution in [2.45, 2.75) is 39.2 Å². The van der Waals surface area contributed by atoms with Crippen LogP contribution in [0.2, 0.25) is 0 Å². The summed E-state index contributed by atoms with van der Waals surface area (Å²) in [6, 6.07) is 7.27. The molecule has 110 valence electrons. The first-order valence-electron chi connectivity index (χ1n) is 7.30. The number of benzene rings is 1. The first-order valence-corrected chi connectivity index (χ1v) is 7.30. The Labute approximate surface area is 120 Å². The van der Waals surface area contributed by atoms with Gasteiger partial charge in [0.25, 0.3) is 0 Å². The second-order valence-corrected chi connectivity index (χ2v) is 5.78. The van der Waals surface area contributed by atoms with Crippen molar-refractivity contribution in [2.75, 3.05) is 13.1 Å². The Hall–Kier alpha value is -1.55. The standard InChI is InChI=1S/C16H23NO3/c1-2-8-16(15(19)20)9-5-10-17(12-16)11-13-6-3-4-7-14(13)18/h3-4,6-7,18H,2,5,8-12H2,1H3,(H,19,20). The molecule has 0 aliphatic carbocycles. The molecule has 0 bridgehead atoms. The SMILES string of the molecule is CCCC1(C(=O)O)CCCN(Cc2ccccc2O)C1. The number of aliphatic carboxylic acids is 1. The van der Waals surface area contributed by atoms with Gasteiger partial charge in [-0.1, -0.05) is 31.5 Å². The first kappa shape index (κ1) is 14.9. The Morgan fingerprint density at radius 1 is 1.40 bits per heavy atom. The van der Waals surface area contributed by atoms with Crippen LogP contribution in [0.1, 0.15) is 38.2 Å². The van der Waals surface area contributed by atoms with Crippen molar-refractivity contribution in [3.05, 3.63) is 29.8 Å². The van der Waals surface area contributed by atoms with Gasteiger partial charge in [0.15, 0.2) is 0 Å². The average molecular weight is 277 g/mol. The van der Waals surface area contributed by atoms with Gasteiger partial charge >= 0.3 is 5.97 Å². The molecule has 1 unspecified atom stereocenters. The quantitative estimate of drug-likeness (QED) is 0.869. The number of phenolic OH excluding ortho intramolecular Hbond substituents is 1. The average Bonchev–Trinajstić information content (AvgIpc) is 2.42. The fourth-order valence-corrected chi connectivity index (χ4v) is 3.21. The Morgan fingerprint density at radius 2 is 2.15 bits per heavy atom. The maximum absolute atomic E-state index is 11.7. The maximum atomic E-state index is 11.7. The lowest BCUT2D eigenvalue weighted by Gasteiger charge is -2.40. The fourth-order valence-electron chi connectivity index (χ4n) is 3.21. The number of likely N-dealkylation sites (tertiary alicyclic amines) is 1. The van der Waals surface area contributed by atoms with Crippen LogP contribution >= 0.6 is 0 Å². The highest BCUT2D eigenvalue weighted by Gasteiger charge is 2.41. The van der Waals surface area contributed by atoms with E-state index in [1.54, 1.807) is 12.1 Å². The van der Waals surface area contributed by atoms with Crippen LogP contribution in [0, 0.1) is 5.41 Å². The molecule has 0 saturated carbocycles. The van der Waals surface area contributed by atoms with E-state index in [2.05, 4.69) is 4.90 Å². The lowest BCUT2D eigenvalue weighted by molar-refractivity contribution is -0.153. The Bertz CT molecular complexity index is 471. The van der Waals surface area contributed by atoms with Crippen molar-refractivity contribution in [2.24, 2.45) is 5.41 Å². The molecule has 0 aromatic heterocycles. The zero-order chi connectivity index (χ0) is 14.6. The summed E-state index contributed by atoms with van der Waals surface area (Å²) in [5, 5.41) is 19.4. The highest BCUT2D eigenvalue weighted by atomic mass is 16.4. The topological polar surface area (TPSA) is 60.8 Å². The fraction of sp³-hybridized carbons (Fsp3) is 0.562. The van der Waals surface area contributed by atoms with Crippen LogP contribution in [0.15, 0.2) is 24.3 Å².